The smallest absolute Gasteiger partial charge is 0.145 e. The highest BCUT2D eigenvalue weighted by atomic mass is 16.3. The van der Waals surface area contributed by atoms with E-state index in [1.54, 1.807) is 0 Å². The van der Waals surface area contributed by atoms with Crippen LogP contribution in [0.15, 0.2) is 221 Å². The molecule has 0 fully saturated rings. The SMILES string of the molecule is c1ccc(-c2ccc(N(c3cc4ccccc4c4ccccc34)c3ccc(-c4ccccc4-c4ccc5c(c4)oc4ccccc45)c4oc5ccccc5c34)cc2)cc1. The van der Waals surface area contributed by atoms with E-state index in [1.165, 1.54) is 32.7 Å². The van der Waals surface area contributed by atoms with Crippen LogP contribution < -0.4 is 4.90 Å². The van der Waals surface area contributed by atoms with Crippen LogP contribution in [-0.4, -0.2) is 0 Å². The largest absolute Gasteiger partial charge is 0.456 e. The van der Waals surface area contributed by atoms with Gasteiger partial charge >= 0.3 is 0 Å². The van der Waals surface area contributed by atoms with Gasteiger partial charge in [0.2, 0.25) is 0 Å². The maximum atomic E-state index is 6.99. The molecule has 0 atom stereocenters. The molecule has 12 rings (SSSR count). The van der Waals surface area contributed by atoms with Gasteiger partial charge in [-0.3, -0.25) is 0 Å². The summed E-state index contributed by atoms with van der Waals surface area (Å²) in [6, 6.07) is 75.7. The Bertz CT molecular complexity index is 3560. The fourth-order valence-corrected chi connectivity index (χ4v) is 9.13. The predicted octanol–water partition coefficient (Wildman–Crippen LogP) is 16.3. The lowest BCUT2D eigenvalue weighted by atomic mass is 9.92. The van der Waals surface area contributed by atoms with E-state index in [2.05, 4.69) is 205 Å². The summed E-state index contributed by atoms with van der Waals surface area (Å²) >= 11 is 0. The summed E-state index contributed by atoms with van der Waals surface area (Å²) in [5.41, 5.74) is 13.3. The van der Waals surface area contributed by atoms with E-state index in [1.807, 2.05) is 12.1 Å². The topological polar surface area (TPSA) is 29.5 Å². The molecule has 59 heavy (non-hydrogen) atoms. The second-order valence-electron chi connectivity index (χ2n) is 15.2. The molecule has 0 aliphatic carbocycles. The summed E-state index contributed by atoms with van der Waals surface area (Å²) < 4.78 is 13.4. The highest BCUT2D eigenvalue weighted by Crippen LogP contribution is 2.49. The second-order valence-corrected chi connectivity index (χ2v) is 15.2. The predicted molar refractivity (Wildman–Crippen MR) is 247 cm³/mol. The number of anilines is 3. The minimum atomic E-state index is 0.844. The summed E-state index contributed by atoms with van der Waals surface area (Å²) in [5, 5.41) is 9.18. The Balaban J connectivity index is 1.11. The number of fused-ring (bicyclic) bond motifs is 9. The van der Waals surface area contributed by atoms with Gasteiger partial charge in [0.25, 0.3) is 0 Å². The number of nitrogens with zero attached hydrogens (tertiary/aromatic N) is 1. The standard InChI is InChI=1S/C56H35NO2/c1-2-14-36(15-3-1)37-26-29-40(30-27-37)57(51-34-38-16-4-5-17-41(38)43-19-8-9-21-45(43)51)50-33-32-48(56-55(50)49-23-11-13-25-53(49)59-56)44-20-7-6-18-42(44)39-28-31-47-46-22-10-12-24-52(46)58-54(47)35-39/h1-35H. The van der Waals surface area contributed by atoms with Crippen LogP contribution in [0.25, 0.3) is 98.8 Å². The van der Waals surface area contributed by atoms with E-state index in [9.17, 15) is 0 Å². The highest BCUT2D eigenvalue weighted by Gasteiger charge is 2.25. The molecule has 0 bridgehead atoms. The molecule has 0 spiro atoms. The summed E-state index contributed by atoms with van der Waals surface area (Å²) in [5.74, 6) is 0. The molecule has 0 saturated heterocycles. The monoisotopic (exact) mass is 753 g/mol. The number of benzene rings is 10. The minimum Gasteiger partial charge on any atom is -0.456 e. The van der Waals surface area contributed by atoms with E-state index >= 15 is 0 Å². The first-order valence-electron chi connectivity index (χ1n) is 20.1. The zero-order chi connectivity index (χ0) is 38.9. The number of para-hydroxylation sites is 2. The van der Waals surface area contributed by atoms with Gasteiger partial charge in [0.1, 0.15) is 22.3 Å². The molecular weight excluding hydrogens is 719 g/mol. The first-order valence-corrected chi connectivity index (χ1v) is 20.1. The van der Waals surface area contributed by atoms with Crippen LogP contribution in [0.2, 0.25) is 0 Å². The highest BCUT2D eigenvalue weighted by molar-refractivity contribution is 6.20. The van der Waals surface area contributed by atoms with Crippen LogP contribution >= 0.6 is 0 Å². The Morgan fingerprint density at radius 2 is 0.898 bits per heavy atom. The molecule has 3 nitrogen and oxygen atoms in total. The van der Waals surface area contributed by atoms with Crippen molar-refractivity contribution in [3.63, 3.8) is 0 Å². The van der Waals surface area contributed by atoms with Crippen LogP contribution in [0.4, 0.5) is 17.1 Å². The molecule has 0 amide bonds. The Labute approximate surface area is 340 Å². The van der Waals surface area contributed by atoms with E-state index in [-0.39, 0.29) is 0 Å². The third-order valence-electron chi connectivity index (χ3n) is 11.9. The molecule has 276 valence electrons. The molecular formula is C56H35NO2. The molecule has 0 saturated carbocycles. The Kier molecular flexibility index (Phi) is 7.54. The molecule has 12 aromatic rings. The number of hydrogen-bond acceptors (Lipinski definition) is 3. The zero-order valence-corrected chi connectivity index (χ0v) is 32.0. The molecule has 0 unspecified atom stereocenters. The van der Waals surface area contributed by atoms with Crippen molar-refractivity contribution in [2.45, 2.75) is 0 Å². The Hall–Kier alpha value is -7.88. The average Bonchev–Trinajstić information content (AvgIpc) is 3.89. The van der Waals surface area contributed by atoms with Crippen molar-refractivity contribution in [3.8, 4) is 33.4 Å². The lowest BCUT2D eigenvalue weighted by molar-refractivity contribution is 0.669. The number of hydrogen-bond donors (Lipinski definition) is 0. The van der Waals surface area contributed by atoms with Gasteiger partial charge < -0.3 is 13.7 Å². The van der Waals surface area contributed by atoms with Crippen molar-refractivity contribution in [1.82, 2.24) is 0 Å². The molecule has 10 aromatic carbocycles. The Morgan fingerprint density at radius 1 is 0.305 bits per heavy atom. The lowest BCUT2D eigenvalue weighted by Gasteiger charge is -2.29. The van der Waals surface area contributed by atoms with Gasteiger partial charge in [-0.1, -0.05) is 158 Å². The van der Waals surface area contributed by atoms with Crippen LogP contribution in [0.5, 0.6) is 0 Å². The third-order valence-corrected chi connectivity index (χ3v) is 11.9. The molecule has 2 aromatic heterocycles. The van der Waals surface area contributed by atoms with Crippen molar-refractivity contribution >= 4 is 82.5 Å². The van der Waals surface area contributed by atoms with Gasteiger partial charge in [-0.2, -0.15) is 0 Å². The van der Waals surface area contributed by atoms with Crippen LogP contribution in [-0.2, 0) is 0 Å². The van der Waals surface area contributed by atoms with Crippen molar-refractivity contribution in [2.24, 2.45) is 0 Å². The van der Waals surface area contributed by atoms with Gasteiger partial charge in [-0.25, -0.2) is 0 Å². The molecule has 0 aliphatic heterocycles. The second kappa shape index (κ2) is 13.4. The average molecular weight is 754 g/mol. The Morgan fingerprint density at radius 3 is 1.71 bits per heavy atom. The molecule has 0 aliphatic rings. The minimum absolute atomic E-state index is 0.844. The van der Waals surface area contributed by atoms with Gasteiger partial charge in [-0.15, -0.1) is 0 Å². The van der Waals surface area contributed by atoms with E-state index in [0.29, 0.717) is 0 Å². The maximum absolute atomic E-state index is 6.99. The molecule has 2 heterocycles. The quantitative estimate of drug-likeness (QED) is 0.158. The normalized spacial score (nSPS) is 11.7. The van der Waals surface area contributed by atoms with Crippen LogP contribution in [0.3, 0.4) is 0 Å². The van der Waals surface area contributed by atoms with Gasteiger partial charge in [-0.05, 0) is 98.6 Å². The van der Waals surface area contributed by atoms with Crippen molar-refractivity contribution in [2.75, 3.05) is 4.90 Å². The maximum Gasteiger partial charge on any atom is 0.145 e. The third kappa shape index (κ3) is 5.36. The van der Waals surface area contributed by atoms with Gasteiger partial charge in [0.15, 0.2) is 0 Å². The molecule has 0 radical (unpaired) electrons. The number of furan rings is 2. The van der Waals surface area contributed by atoms with Gasteiger partial charge in [0.05, 0.1) is 16.8 Å². The van der Waals surface area contributed by atoms with Crippen molar-refractivity contribution < 1.29 is 8.83 Å². The summed E-state index contributed by atoms with van der Waals surface area (Å²) in [6.45, 7) is 0. The zero-order valence-electron chi connectivity index (χ0n) is 32.0. The first kappa shape index (κ1) is 33.3. The summed E-state index contributed by atoms with van der Waals surface area (Å²) in [7, 11) is 0. The molecule has 3 heteroatoms. The fraction of sp³-hybridized carbons (Fsp3) is 0. The fourth-order valence-electron chi connectivity index (χ4n) is 9.13. The van der Waals surface area contributed by atoms with Crippen molar-refractivity contribution in [1.29, 1.82) is 0 Å². The first-order chi connectivity index (χ1) is 29.3. The van der Waals surface area contributed by atoms with Crippen LogP contribution in [0.1, 0.15) is 0 Å². The van der Waals surface area contributed by atoms with Crippen molar-refractivity contribution in [3.05, 3.63) is 212 Å². The lowest BCUT2D eigenvalue weighted by Crippen LogP contribution is -2.11. The summed E-state index contributed by atoms with van der Waals surface area (Å²) in [6.07, 6.45) is 0. The number of rotatable bonds is 6. The summed E-state index contributed by atoms with van der Waals surface area (Å²) in [4.78, 5) is 2.43. The van der Waals surface area contributed by atoms with E-state index in [0.717, 1.165) is 83.2 Å². The van der Waals surface area contributed by atoms with E-state index < -0.39 is 0 Å². The van der Waals surface area contributed by atoms with E-state index in [4.69, 9.17) is 8.83 Å². The van der Waals surface area contributed by atoms with Gasteiger partial charge in [0, 0.05) is 32.8 Å². The van der Waals surface area contributed by atoms with Crippen LogP contribution in [0, 0.1) is 0 Å². The molecule has 0 N–H and O–H groups in total.